The van der Waals surface area contributed by atoms with Gasteiger partial charge in [0.15, 0.2) is 0 Å². The van der Waals surface area contributed by atoms with Crippen LogP contribution in [0.25, 0.3) is 16.7 Å². The average Bonchev–Trinajstić information content (AvgIpc) is 3.79. The van der Waals surface area contributed by atoms with Crippen molar-refractivity contribution in [2.75, 3.05) is 45.7 Å². The van der Waals surface area contributed by atoms with Crippen LogP contribution in [0.2, 0.25) is 0 Å². The number of hydrogen-bond acceptors (Lipinski definition) is 8. The molecule has 5 aromatic rings. The van der Waals surface area contributed by atoms with Gasteiger partial charge < -0.3 is 24.4 Å². The molecule has 3 heterocycles. The summed E-state index contributed by atoms with van der Waals surface area (Å²) in [5, 5.41) is 14.8. The van der Waals surface area contributed by atoms with Gasteiger partial charge in [-0.05, 0) is 90.7 Å². The number of amides is 1. The fraction of sp³-hybridized carbons (Fsp3) is 0.417. The van der Waals surface area contributed by atoms with Crippen molar-refractivity contribution in [3.05, 3.63) is 90.0 Å². The van der Waals surface area contributed by atoms with Crippen molar-refractivity contribution in [2.24, 2.45) is 0 Å². The Bertz CT molecular complexity index is 1890. The molecule has 0 saturated carbocycles. The number of rotatable bonds is 14. The van der Waals surface area contributed by atoms with Gasteiger partial charge in [0, 0.05) is 51.6 Å². The number of alkyl halides is 3. The van der Waals surface area contributed by atoms with Gasteiger partial charge in [0.05, 0.1) is 29.4 Å². The number of hydrogen-bond donors (Lipinski definition) is 1. The van der Waals surface area contributed by atoms with E-state index in [9.17, 15) is 22.4 Å². The summed E-state index contributed by atoms with van der Waals surface area (Å²) in [6.07, 6.45) is -1.21. The minimum Gasteiger partial charge on any atom is -0.496 e. The molecule has 1 atom stereocenters. The zero-order valence-corrected chi connectivity index (χ0v) is 28.6. The molecule has 2 aromatic heterocycles. The number of benzene rings is 3. The monoisotopic (exact) mass is 707 g/mol. The molecule has 3 aromatic carbocycles. The minimum atomic E-state index is -4.20. The Morgan fingerprint density at radius 1 is 1.06 bits per heavy atom. The summed E-state index contributed by atoms with van der Waals surface area (Å²) in [5.41, 5.74) is 3.48. The van der Waals surface area contributed by atoms with Crippen molar-refractivity contribution < 1.29 is 27.1 Å². The first-order valence-corrected chi connectivity index (χ1v) is 17.0. The number of nitrogens with one attached hydrogen (secondary N) is 1. The number of aryl methyl sites for hydroxylation is 1. The van der Waals surface area contributed by atoms with Gasteiger partial charge in [0.25, 0.3) is 5.91 Å². The first-order valence-electron chi connectivity index (χ1n) is 17.0. The third kappa shape index (κ3) is 9.01. The molecule has 1 N–H and O–H groups in total. The smallest absolute Gasteiger partial charge is 0.389 e. The number of carbonyl (C=O) groups is 1. The van der Waals surface area contributed by atoms with Gasteiger partial charge in [-0.1, -0.05) is 24.3 Å². The summed E-state index contributed by atoms with van der Waals surface area (Å²) >= 11 is 0. The molecule has 6 rings (SSSR count). The Balaban J connectivity index is 1.09. The van der Waals surface area contributed by atoms with E-state index in [4.69, 9.17) is 9.72 Å². The van der Waals surface area contributed by atoms with Gasteiger partial charge in [-0.2, -0.15) is 13.2 Å². The second-order valence-electron chi connectivity index (χ2n) is 12.9. The molecule has 1 amide bonds. The van der Waals surface area contributed by atoms with Crippen molar-refractivity contribution in [3.8, 4) is 11.4 Å². The third-order valence-corrected chi connectivity index (χ3v) is 9.42. The number of carbonyl (C=O) groups excluding carboxylic acids is 1. The lowest BCUT2D eigenvalue weighted by atomic mass is 9.94. The van der Waals surface area contributed by atoms with Crippen LogP contribution in [0.15, 0.2) is 73.1 Å². The van der Waals surface area contributed by atoms with E-state index in [-0.39, 0.29) is 36.6 Å². The van der Waals surface area contributed by atoms with Crippen LogP contribution < -0.4 is 10.1 Å². The van der Waals surface area contributed by atoms with Crippen molar-refractivity contribution in [3.63, 3.8) is 0 Å². The van der Waals surface area contributed by atoms with Crippen LogP contribution >= 0.6 is 0 Å². The number of likely N-dealkylation sites (N-methyl/N-ethyl adjacent to an activating group) is 1. The Morgan fingerprint density at radius 3 is 2.53 bits per heavy atom. The van der Waals surface area contributed by atoms with Gasteiger partial charge in [0.1, 0.15) is 17.9 Å². The lowest BCUT2D eigenvalue weighted by Gasteiger charge is -2.34. The summed E-state index contributed by atoms with van der Waals surface area (Å²) in [6, 6.07) is 19.2. The van der Waals surface area contributed by atoms with Gasteiger partial charge >= 0.3 is 6.18 Å². The van der Waals surface area contributed by atoms with Crippen LogP contribution in [-0.2, 0) is 6.54 Å². The molecule has 0 bridgehead atoms. The average molecular weight is 708 g/mol. The van der Waals surface area contributed by atoms with Crippen LogP contribution in [0.4, 0.5) is 23.5 Å². The number of aromatic nitrogens is 6. The van der Waals surface area contributed by atoms with E-state index in [1.807, 2.05) is 28.8 Å². The van der Waals surface area contributed by atoms with E-state index in [1.54, 1.807) is 42.3 Å². The molecule has 51 heavy (non-hydrogen) atoms. The van der Waals surface area contributed by atoms with E-state index in [2.05, 4.69) is 25.7 Å². The zero-order valence-electron chi connectivity index (χ0n) is 28.6. The zero-order chi connectivity index (χ0) is 36.0. The Labute approximate surface area is 293 Å². The SMILES string of the molecule is COc1ccc(-n2cnnn2)cc1C(=O)N(C)CC(CCN1CCC(Nc2nc3ccccc3n2CCCC(F)(F)F)CC1)c1ccc(F)cc1. The van der Waals surface area contributed by atoms with Gasteiger partial charge in [-0.25, -0.2) is 14.1 Å². The number of ether oxygens (including phenoxy) is 1. The fourth-order valence-electron chi connectivity index (χ4n) is 6.67. The first kappa shape index (κ1) is 35.8. The molecule has 1 fully saturated rings. The molecule has 270 valence electrons. The molecular weight excluding hydrogens is 666 g/mol. The highest BCUT2D eigenvalue weighted by Crippen LogP contribution is 2.29. The molecule has 11 nitrogen and oxygen atoms in total. The lowest BCUT2D eigenvalue weighted by Crippen LogP contribution is -2.40. The summed E-state index contributed by atoms with van der Waals surface area (Å²) in [7, 11) is 3.26. The van der Waals surface area contributed by atoms with Gasteiger partial charge in [0.2, 0.25) is 5.95 Å². The van der Waals surface area contributed by atoms with Crippen molar-refractivity contribution >= 4 is 22.9 Å². The van der Waals surface area contributed by atoms with Crippen LogP contribution in [0, 0.1) is 5.82 Å². The second-order valence-corrected chi connectivity index (χ2v) is 12.9. The third-order valence-electron chi connectivity index (χ3n) is 9.42. The lowest BCUT2D eigenvalue weighted by molar-refractivity contribution is -0.135. The summed E-state index contributed by atoms with van der Waals surface area (Å²) in [5.74, 6) is 0.400. The normalized spacial score (nSPS) is 14.9. The molecule has 15 heteroatoms. The van der Waals surface area contributed by atoms with Crippen LogP contribution in [0.3, 0.4) is 0 Å². The second kappa shape index (κ2) is 15.9. The molecule has 1 saturated heterocycles. The van der Waals surface area contributed by atoms with E-state index >= 15 is 0 Å². The standard InChI is InChI=1S/C36H41F4N9O2/c1-46(34(50)30-22-29(12-13-33(30)51-2)49-24-41-44-45-49)23-26(25-8-10-27(37)11-9-25)14-19-47-20-15-28(16-21-47)42-35-43-31-6-3-4-7-32(31)48(35)18-5-17-36(38,39)40/h3-4,6-13,22,24,26,28H,5,14-21,23H2,1-2H3,(H,42,43). The predicted molar refractivity (Wildman–Crippen MR) is 185 cm³/mol. The number of para-hydroxylation sites is 2. The van der Waals surface area contributed by atoms with E-state index < -0.39 is 12.6 Å². The molecule has 1 aliphatic heterocycles. The molecule has 1 aliphatic rings. The highest BCUT2D eigenvalue weighted by Gasteiger charge is 2.28. The minimum absolute atomic E-state index is 0.0202. The Kier molecular flexibility index (Phi) is 11.1. The largest absolute Gasteiger partial charge is 0.496 e. The first-order chi connectivity index (χ1) is 24.6. The number of fused-ring (bicyclic) bond motifs is 1. The van der Waals surface area contributed by atoms with Crippen LogP contribution in [0.1, 0.15) is 53.9 Å². The van der Waals surface area contributed by atoms with E-state index in [0.717, 1.165) is 55.5 Å². The molecular formula is C36H41F4N9O2. The highest BCUT2D eigenvalue weighted by molar-refractivity contribution is 5.97. The number of halogens is 4. The Morgan fingerprint density at radius 2 is 1.82 bits per heavy atom. The number of tetrazole rings is 1. The fourth-order valence-corrected chi connectivity index (χ4v) is 6.67. The predicted octanol–water partition coefficient (Wildman–Crippen LogP) is 6.32. The number of nitrogens with zero attached hydrogens (tertiary/aromatic N) is 8. The van der Waals surface area contributed by atoms with Gasteiger partial charge in [-0.3, -0.25) is 4.79 Å². The van der Waals surface area contributed by atoms with Crippen LogP contribution in [0.5, 0.6) is 5.75 Å². The van der Waals surface area contributed by atoms with Crippen LogP contribution in [-0.4, -0.2) is 98.0 Å². The van der Waals surface area contributed by atoms with Crippen molar-refractivity contribution in [2.45, 2.75) is 56.8 Å². The summed E-state index contributed by atoms with van der Waals surface area (Å²) in [6.45, 7) is 3.02. The van der Waals surface area contributed by atoms with E-state index in [0.29, 0.717) is 29.5 Å². The Hall–Kier alpha value is -5.05. The van der Waals surface area contributed by atoms with Gasteiger partial charge in [-0.15, -0.1) is 5.10 Å². The molecule has 0 radical (unpaired) electrons. The molecule has 1 unspecified atom stereocenters. The summed E-state index contributed by atoms with van der Waals surface area (Å²) < 4.78 is 61.4. The van der Waals surface area contributed by atoms with Crippen molar-refractivity contribution in [1.29, 1.82) is 0 Å². The highest BCUT2D eigenvalue weighted by atomic mass is 19.4. The topological polar surface area (TPSA) is 106 Å². The number of piperidine rings is 1. The number of imidazole rings is 1. The number of methoxy groups -OCH3 is 1. The number of likely N-dealkylation sites (tertiary alicyclic amines) is 1. The number of anilines is 1. The maximum absolute atomic E-state index is 13.9. The maximum atomic E-state index is 13.9. The summed E-state index contributed by atoms with van der Waals surface area (Å²) in [4.78, 5) is 22.5. The quantitative estimate of drug-likeness (QED) is 0.134. The van der Waals surface area contributed by atoms with E-state index in [1.165, 1.54) is 30.3 Å². The molecule has 0 spiro atoms. The molecule has 0 aliphatic carbocycles. The van der Waals surface area contributed by atoms with Crippen molar-refractivity contribution in [1.82, 2.24) is 39.6 Å². The maximum Gasteiger partial charge on any atom is 0.389 e.